The Labute approximate surface area is 87.7 Å². The van der Waals surface area contributed by atoms with Crippen molar-refractivity contribution < 1.29 is 0 Å². The van der Waals surface area contributed by atoms with Crippen LogP contribution in [0.5, 0.6) is 0 Å². The van der Waals surface area contributed by atoms with Gasteiger partial charge in [0, 0.05) is 12.6 Å². The first-order chi connectivity index (χ1) is 7.31. The van der Waals surface area contributed by atoms with Crippen molar-refractivity contribution in [2.45, 2.75) is 0 Å². The van der Waals surface area contributed by atoms with Gasteiger partial charge in [-0.05, 0) is 12.1 Å². The van der Waals surface area contributed by atoms with Gasteiger partial charge in [0.2, 0.25) is 0 Å². The van der Waals surface area contributed by atoms with E-state index in [0.717, 1.165) is 11.3 Å². The van der Waals surface area contributed by atoms with E-state index in [-0.39, 0.29) is 0 Å². The van der Waals surface area contributed by atoms with E-state index < -0.39 is 0 Å². The van der Waals surface area contributed by atoms with Crippen LogP contribution in [0.25, 0.3) is 11.3 Å². The minimum atomic E-state index is 0.648. The Hall–Kier alpha value is -2.10. The lowest BCUT2D eigenvalue weighted by atomic mass is 10.1. The molecular weight excluding hydrogens is 188 g/mol. The molecule has 4 nitrogen and oxygen atoms in total. The summed E-state index contributed by atoms with van der Waals surface area (Å²) in [4.78, 5) is 0. The SMILES string of the molecule is Cn1nc(-c2ccccc2)ccc1=NN. The van der Waals surface area contributed by atoms with Crippen molar-refractivity contribution in [1.29, 1.82) is 0 Å². The maximum absolute atomic E-state index is 5.20. The van der Waals surface area contributed by atoms with Crippen LogP contribution in [0.1, 0.15) is 0 Å². The zero-order valence-corrected chi connectivity index (χ0v) is 8.46. The van der Waals surface area contributed by atoms with E-state index in [1.54, 1.807) is 4.68 Å². The topological polar surface area (TPSA) is 56.2 Å². The van der Waals surface area contributed by atoms with Crippen molar-refractivity contribution in [3.63, 3.8) is 0 Å². The number of nitrogens with zero attached hydrogens (tertiary/aromatic N) is 3. The molecule has 0 fully saturated rings. The summed E-state index contributed by atoms with van der Waals surface area (Å²) >= 11 is 0. The minimum absolute atomic E-state index is 0.648. The molecule has 0 bridgehead atoms. The summed E-state index contributed by atoms with van der Waals surface area (Å²) < 4.78 is 1.66. The van der Waals surface area contributed by atoms with Crippen LogP contribution in [-0.4, -0.2) is 9.78 Å². The highest BCUT2D eigenvalue weighted by atomic mass is 15.3. The molecule has 1 heterocycles. The van der Waals surface area contributed by atoms with Crippen LogP contribution in [0.2, 0.25) is 0 Å². The number of rotatable bonds is 1. The predicted octanol–water partition coefficient (Wildman–Crippen LogP) is 0.861. The fourth-order valence-electron chi connectivity index (χ4n) is 1.40. The number of nitrogens with two attached hydrogens (primary N) is 1. The van der Waals surface area contributed by atoms with Crippen molar-refractivity contribution in [2.75, 3.05) is 0 Å². The van der Waals surface area contributed by atoms with E-state index >= 15 is 0 Å². The van der Waals surface area contributed by atoms with Gasteiger partial charge in [-0.1, -0.05) is 30.3 Å². The van der Waals surface area contributed by atoms with E-state index in [9.17, 15) is 0 Å². The first-order valence-electron chi connectivity index (χ1n) is 4.65. The molecule has 0 aliphatic rings. The molecule has 0 unspecified atom stereocenters. The minimum Gasteiger partial charge on any atom is -0.321 e. The van der Waals surface area contributed by atoms with Crippen LogP contribution < -0.4 is 11.3 Å². The van der Waals surface area contributed by atoms with Crippen LogP contribution in [0, 0.1) is 0 Å². The second-order valence-corrected chi connectivity index (χ2v) is 3.20. The molecule has 0 amide bonds. The van der Waals surface area contributed by atoms with Crippen molar-refractivity contribution in [1.82, 2.24) is 9.78 Å². The molecule has 0 aliphatic heterocycles. The normalized spacial score (nSPS) is 11.7. The molecule has 0 aliphatic carbocycles. The molecule has 76 valence electrons. The lowest BCUT2D eigenvalue weighted by Crippen LogP contribution is -2.21. The summed E-state index contributed by atoms with van der Waals surface area (Å²) in [7, 11) is 1.82. The molecule has 4 heteroatoms. The van der Waals surface area contributed by atoms with Crippen molar-refractivity contribution in [3.8, 4) is 11.3 Å². The number of benzene rings is 1. The lowest BCUT2D eigenvalue weighted by molar-refractivity contribution is 0.687. The second kappa shape index (κ2) is 3.96. The molecular formula is C11H12N4. The molecule has 1 aromatic heterocycles. The van der Waals surface area contributed by atoms with Gasteiger partial charge in [-0.25, -0.2) is 4.68 Å². The van der Waals surface area contributed by atoms with Crippen LogP contribution >= 0.6 is 0 Å². The van der Waals surface area contributed by atoms with Gasteiger partial charge in [-0.15, -0.1) is 0 Å². The van der Waals surface area contributed by atoms with Gasteiger partial charge in [0.15, 0.2) is 5.49 Å². The lowest BCUT2D eigenvalue weighted by Gasteiger charge is -2.03. The van der Waals surface area contributed by atoms with Gasteiger partial charge >= 0.3 is 0 Å². The molecule has 0 atom stereocenters. The molecule has 0 spiro atoms. The maximum atomic E-state index is 5.20. The largest absolute Gasteiger partial charge is 0.321 e. The average Bonchev–Trinajstić information content (AvgIpc) is 2.30. The zero-order chi connectivity index (χ0) is 10.7. The predicted molar refractivity (Wildman–Crippen MR) is 58.4 cm³/mol. The molecule has 0 saturated carbocycles. The second-order valence-electron chi connectivity index (χ2n) is 3.20. The summed E-state index contributed by atoms with van der Waals surface area (Å²) in [6.45, 7) is 0. The molecule has 0 saturated heterocycles. The molecule has 15 heavy (non-hydrogen) atoms. The Balaban J connectivity index is 2.53. The zero-order valence-electron chi connectivity index (χ0n) is 8.46. The Bertz CT molecular complexity index is 514. The quantitative estimate of drug-likeness (QED) is 0.548. The molecule has 2 aromatic rings. The van der Waals surface area contributed by atoms with Crippen molar-refractivity contribution in [2.24, 2.45) is 18.0 Å². The van der Waals surface area contributed by atoms with Crippen LogP contribution in [0.4, 0.5) is 0 Å². The first-order valence-corrected chi connectivity index (χ1v) is 4.65. The summed E-state index contributed by atoms with van der Waals surface area (Å²) in [5.41, 5.74) is 2.64. The van der Waals surface area contributed by atoms with Gasteiger partial charge in [0.1, 0.15) is 0 Å². The van der Waals surface area contributed by atoms with Crippen molar-refractivity contribution in [3.05, 3.63) is 48.0 Å². The highest BCUT2D eigenvalue weighted by Crippen LogP contribution is 2.13. The number of hydrogen-bond acceptors (Lipinski definition) is 3. The van der Waals surface area contributed by atoms with Gasteiger partial charge in [0.05, 0.1) is 5.69 Å². The molecule has 2 N–H and O–H groups in total. The van der Waals surface area contributed by atoms with Gasteiger partial charge < -0.3 is 5.84 Å². The Morgan fingerprint density at radius 3 is 2.47 bits per heavy atom. The van der Waals surface area contributed by atoms with Crippen LogP contribution in [0.15, 0.2) is 47.6 Å². The molecule has 0 radical (unpaired) electrons. The Morgan fingerprint density at radius 1 is 1.13 bits per heavy atom. The third-order valence-corrected chi connectivity index (χ3v) is 2.18. The maximum Gasteiger partial charge on any atom is 0.168 e. The number of hydrogen-bond donors (Lipinski definition) is 1. The highest BCUT2D eigenvalue weighted by molar-refractivity contribution is 5.57. The van der Waals surface area contributed by atoms with Crippen molar-refractivity contribution >= 4 is 0 Å². The van der Waals surface area contributed by atoms with Gasteiger partial charge in [-0.2, -0.15) is 10.2 Å². The summed E-state index contributed by atoms with van der Waals surface area (Å²) in [5.74, 6) is 5.20. The monoisotopic (exact) mass is 200 g/mol. The molecule has 1 aromatic carbocycles. The fraction of sp³-hybridized carbons (Fsp3) is 0.0909. The standard InChI is InChI=1S/C11H12N4/c1-15-11(13-12)8-7-10(14-15)9-5-3-2-4-6-9/h2-8H,12H2,1H3. The number of aromatic nitrogens is 2. The van der Waals surface area contributed by atoms with Crippen LogP contribution in [0.3, 0.4) is 0 Å². The van der Waals surface area contributed by atoms with E-state index in [1.165, 1.54) is 0 Å². The van der Waals surface area contributed by atoms with E-state index in [2.05, 4.69) is 10.2 Å². The number of aryl methyl sites for hydroxylation is 1. The first kappa shape index (κ1) is 9.45. The third-order valence-electron chi connectivity index (χ3n) is 2.18. The van der Waals surface area contributed by atoms with Crippen LogP contribution in [-0.2, 0) is 7.05 Å². The molecule has 2 rings (SSSR count). The third kappa shape index (κ3) is 1.88. The van der Waals surface area contributed by atoms with Gasteiger partial charge in [0.25, 0.3) is 0 Å². The summed E-state index contributed by atoms with van der Waals surface area (Å²) in [6, 6.07) is 13.7. The van der Waals surface area contributed by atoms with E-state index in [1.807, 2.05) is 49.5 Å². The average molecular weight is 200 g/mol. The summed E-state index contributed by atoms with van der Waals surface area (Å²) in [5, 5.41) is 7.96. The Morgan fingerprint density at radius 2 is 1.87 bits per heavy atom. The van der Waals surface area contributed by atoms with Gasteiger partial charge in [-0.3, -0.25) is 0 Å². The summed E-state index contributed by atoms with van der Waals surface area (Å²) in [6.07, 6.45) is 0. The fourth-order valence-corrected chi connectivity index (χ4v) is 1.40. The smallest absolute Gasteiger partial charge is 0.168 e. The van der Waals surface area contributed by atoms with E-state index in [4.69, 9.17) is 5.84 Å². The Kier molecular flexibility index (Phi) is 2.49. The highest BCUT2D eigenvalue weighted by Gasteiger charge is 1.98. The van der Waals surface area contributed by atoms with E-state index in [0.29, 0.717) is 5.49 Å².